The second-order valence-electron chi connectivity index (χ2n) is 7.16. The number of carbonyl (C=O) groups excluding carboxylic acids is 1. The molecule has 1 amide bonds. The maximum absolute atomic E-state index is 13.6. The lowest BCUT2D eigenvalue weighted by atomic mass is 10.2. The Morgan fingerprint density at radius 3 is 2.41 bits per heavy atom. The third-order valence-corrected chi connectivity index (χ3v) is 7.45. The first-order valence-corrected chi connectivity index (χ1v) is 12.6. The Kier molecular flexibility index (Phi) is 7.95. The van der Waals surface area contributed by atoms with E-state index in [4.69, 9.17) is 4.74 Å². The molecule has 0 spiro atoms. The second kappa shape index (κ2) is 10.7. The fraction of sp³-hybridized carbons (Fsp3) is 0.208. The fourth-order valence-electron chi connectivity index (χ4n) is 3.24. The molecule has 168 valence electrons. The van der Waals surface area contributed by atoms with Crippen LogP contribution >= 0.6 is 11.8 Å². The molecular formula is C24H26N2O4S2. The van der Waals surface area contributed by atoms with Crippen molar-refractivity contribution in [2.24, 2.45) is 0 Å². The van der Waals surface area contributed by atoms with Crippen molar-refractivity contribution in [1.82, 2.24) is 4.31 Å². The van der Waals surface area contributed by atoms with Crippen LogP contribution in [0.3, 0.4) is 0 Å². The molecule has 0 aliphatic rings. The highest BCUT2D eigenvalue weighted by Gasteiger charge is 2.30. The number of nitrogens with one attached hydrogen (secondary N) is 1. The van der Waals surface area contributed by atoms with E-state index >= 15 is 0 Å². The van der Waals surface area contributed by atoms with Crippen LogP contribution in [0.1, 0.15) is 11.1 Å². The molecule has 6 nitrogen and oxygen atoms in total. The van der Waals surface area contributed by atoms with Gasteiger partial charge in [0.05, 0.1) is 19.3 Å². The fourth-order valence-corrected chi connectivity index (χ4v) is 5.41. The van der Waals surface area contributed by atoms with E-state index in [1.165, 1.54) is 23.2 Å². The van der Waals surface area contributed by atoms with Gasteiger partial charge in [-0.2, -0.15) is 4.31 Å². The number of aryl methyl sites for hydroxylation is 1. The summed E-state index contributed by atoms with van der Waals surface area (Å²) in [6, 6.07) is 21.6. The van der Waals surface area contributed by atoms with Crippen molar-refractivity contribution < 1.29 is 17.9 Å². The highest BCUT2D eigenvalue weighted by atomic mass is 32.2. The van der Waals surface area contributed by atoms with Gasteiger partial charge in [0.1, 0.15) is 10.6 Å². The molecule has 0 heterocycles. The van der Waals surface area contributed by atoms with Crippen molar-refractivity contribution in [3.8, 4) is 5.75 Å². The molecule has 0 aromatic heterocycles. The highest BCUT2D eigenvalue weighted by Crippen LogP contribution is 2.29. The predicted octanol–water partition coefficient (Wildman–Crippen LogP) is 4.56. The molecule has 0 aliphatic heterocycles. The van der Waals surface area contributed by atoms with Gasteiger partial charge in [-0.15, -0.1) is 11.8 Å². The Morgan fingerprint density at radius 2 is 1.72 bits per heavy atom. The number of thioether (sulfide) groups is 1. The van der Waals surface area contributed by atoms with Crippen molar-refractivity contribution in [1.29, 1.82) is 0 Å². The zero-order chi connectivity index (χ0) is 23.1. The van der Waals surface area contributed by atoms with Crippen LogP contribution in [0, 0.1) is 6.92 Å². The summed E-state index contributed by atoms with van der Waals surface area (Å²) in [4.78, 5) is 13.9. The Labute approximate surface area is 193 Å². The number of para-hydroxylation sites is 1. The number of ether oxygens (including phenoxy) is 1. The van der Waals surface area contributed by atoms with Crippen LogP contribution in [0.25, 0.3) is 0 Å². The van der Waals surface area contributed by atoms with Crippen molar-refractivity contribution in [2.45, 2.75) is 23.3 Å². The normalized spacial score (nSPS) is 11.4. The average Bonchev–Trinajstić information content (AvgIpc) is 2.79. The van der Waals surface area contributed by atoms with Crippen molar-refractivity contribution >= 4 is 33.4 Å². The summed E-state index contributed by atoms with van der Waals surface area (Å²) in [5.74, 6) is -0.181. The Hall–Kier alpha value is -2.81. The number of anilines is 1. The molecule has 1 N–H and O–H groups in total. The van der Waals surface area contributed by atoms with Gasteiger partial charge in [-0.05, 0) is 48.6 Å². The third kappa shape index (κ3) is 5.70. The molecule has 3 rings (SSSR count). The summed E-state index contributed by atoms with van der Waals surface area (Å²) in [6.45, 7) is 1.53. The van der Waals surface area contributed by atoms with E-state index in [1.54, 1.807) is 24.3 Å². The maximum Gasteiger partial charge on any atom is 0.247 e. The largest absolute Gasteiger partial charge is 0.495 e. The zero-order valence-corrected chi connectivity index (χ0v) is 19.9. The molecule has 3 aromatic rings. The van der Waals surface area contributed by atoms with Gasteiger partial charge >= 0.3 is 0 Å². The van der Waals surface area contributed by atoms with Crippen LogP contribution in [-0.2, 0) is 21.4 Å². The monoisotopic (exact) mass is 470 g/mol. The smallest absolute Gasteiger partial charge is 0.247 e. The number of rotatable bonds is 9. The zero-order valence-electron chi connectivity index (χ0n) is 18.2. The van der Waals surface area contributed by atoms with Crippen molar-refractivity contribution in [3.63, 3.8) is 0 Å². The number of hydrogen-bond acceptors (Lipinski definition) is 5. The number of amides is 1. The molecule has 0 bridgehead atoms. The third-order valence-electron chi connectivity index (χ3n) is 4.84. The Morgan fingerprint density at radius 1 is 1.03 bits per heavy atom. The summed E-state index contributed by atoms with van der Waals surface area (Å²) < 4.78 is 33.8. The summed E-state index contributed by atoms with van der Waals surface area (Å²) in [6.07, 6.45) is 1.92. The van der Waals surface area contributed by atoms with Gasteiger partial charge in [0.15, 0.2) is 0 Å². The molecular weight excluding hydrogens is 444 g/mol. The van der Waals surface area contributed by atoms with E-state index in [-0.39, 0.29) is 23.7 Å². The van der Waals surface area contributed by atoms with Crippen LogP contribution < -0.4 is 10.1 Å². The van der Waals surface area contributed by atoms with Gasteiger partial charge in [0.25, 0.3) is 0 Å². The van der Waals surface area contributed by atoms with E-state index < -0.39 is 15.9 Å². The number of carbonyl (C=O) groups is 1. The average molecular weight is 471 g/mol. The lowest BCUT2D eigenvalue weighted by Crippen LogP contribution is -2.37. The SMILES string of the molecule is COc1ccc(C)cc1S(=O)(=O)N(CC(=O)Nc1ccccc1SC)Cc1ccccc1. The first-order chi connectivity index (χ1) is 15.3. The van der Waals surface area contributed by atoms with Crippen molar-refractivity contribution in [2.75, 3.05) is 25.2 Å². The molecule has 0 atom stereocenters. The molecule has 0 fully saturated rings. The number of hydrogen-bond donors (Lipinski definition) is 1. The van der Waals surface area contributed by atoms with Crippen molar-refractivity contribution in [3.05, 3.63) is 83.9 Å². The van der Waals surface area contributed by atoms with E-state index in [2.05, 4.69) is 5.32 Å². The molecule has 0 aliphatic carbocycles. The first-order valence-electron chi connectivity index (χ1n) is 9.96. The number of methoxy groups -OCH3 is 1. The topological polar surface area (TPSA) is 75.7 Å². The molecule has 0 saturated heterocycles. The van der Waals surface area contributed by atoms with Gasteiger partial charge in [0, 0.05) is 11.4 Å². The van der Waals surface area contributed by atoms with Gasteiger partial charge in [-0.25, -0.2) is 8.42 Å². The van der Waals surface area contributed by atoms with E-state index in [0.29, 0.717) is 5.69 Å². The number of nitrogens with zero attached hydrogens (tertiary/aromatic N) is 1. The lowest BCUT2D eigenvalue weighted by Gasteiger charge is -2.23. The quantitative estimate of drug-likeness (QED) is 0.464. The van der Waals surface area contributed by atoms with E-state index in [0.717, 1.165) is 16.0 Å². The first kappa shape index (κ1) is 23.8. The summed E-state index contributed by atoms with van der Waals surface area (Å²) in [5, 5.41) is 2.84. The minimum Gasteiger partial charge on any atom is -0.495 e. The number of sulfonamides is 1. The second-order valence-corrected chi connectivity index (χ2v) is 9.92. The summed E-state index contributed by atoms with van der Waals surface area (Å²) in [5.41, 5.74) is 2.21. The summed E-state index contributed by atoms with van der Waals surface area (Å²) >= 11 is 1.50. The lowest BCUT2D eigenvalue weighted by molar-refractivity contribution is -0.116. The minimum absolute atomic E-state index is 0.0354. The molecule has 32 heavy (non-hydrogen) atoms. The minimum atomic E-state index is -4.03. The van der Waals surface area contributed by atoms with Gasteiger partial charge < -0.3 is 10.1 Å². The maximum atomic E-state index is 13.6. The molecule has 8 heteroatoms. The van der Waals surface area contributed by atoms with Gasteiger partial charge in [0.2, 0.25) is 15.9 Å². The van der Waals surface area contributed by atoms with E-state index in [1.807, 2.05) is 61.7 Å². The number of benzene rings is 3. The predicted molar refractivity (Wildman–Crippen MR) is 129 cm³/mol. The standard InChI is InChI=1S/C24H26N2O4S2/c1-18-13-14-21(30-2)23(15-18)32(28,29)26(16-19-9-5-4-6-10-19)17-24(27)25-20-11-7-8-12-22(20)31-3/h4-15H,16-17H2,1-3H3,(H,25,27). The Balaban J connectivity index is 1.95. The highest BCUT2D eigenvalue weighted by molar-refractivity contribution is 7.98. The van der Waals surface area contributed by atoms with Gasteiger partial charge in [-0.1, -0.05) is 48.5 Å². The van der Waals surface area contributed by atoms with Crippen LogP contribution in [0.2, 0.25) is 0 Å². The molecule has 0 unspecified atom stereocenters. The van der Waals surface area contributed by atoms with Crippen LogP contribution in [-0.4, -0.2) is 38.5 Å². The van der Waals surface area contributed by atoms with Crippen LogP contribution in [0.5, 0.6) is 5.75 Å². The van der Waals surface area contributed by atoms with Gasteiger partial charge in [-0.3, -0.25) is 4.79 Å². The molecule has 0 saturated carbocycles. The Bertz CT molecular complexity index is 1180. The van der Waals surface area contributed by atoms with Crippen LogP contribution in [0.15, 0.2) is 82.6 Å². The molecule has 3 aromatic carbocycles. The van der Waals surface area contributed by atoms with Crippen LogP contribution in [0.4, 0.5) is 5.69 Å². The molecule has 0 radical (unpaired) electrons. The summed E-state index contributed by atoms with van der Waals surface area (Å²) in [7, 11) is -2.60. The van der Waals surface area contributed by atoms with E-state index in [9.17, 15) is 13.2 Å².